The lowest BCUT2D eigenvalue weighted by Crippen LogP contribution is -2.53. The smallest absolute Gasteiger partial charge is 0.187 e. The number of benzene rings is 3. The molecule has 0 amide bonds. The summed E-state index contributed by atoms with van der Waals surface area (Å²) in [4.78, 5) is 0. The van der Waals surface area contributed by atoms with Crippen LogP contribution in [0.1, 0.15) is 17.4 Å². The second-order valence-corrected chi connectivity index (χ2v) is 7.78. The summed E-state index contributed by atoms with van der Waals surface area (Å²) in [5, 5.41) is 2.37. The molecule has 5 heteroatoms. The summed E-state index contributed by atoms with van der Waals surface area (Å²) in [6.45, 7) is 0.984. The van der Waals surface area contributed by atoms with Crippen LogP contribution in [0.4, 0.5) is 0 Å². The van der Waals surface area contributed by atoms with Crippen molar-refractivity contribution in [1.82, 2.24) is 0 Å². The molecular weight excluding hydrogens is 368 g/mol. The van der Waals surface area contributed by atoms with E-state index in [9.17, 15) is 0 Å². The molecule has 3 aliphatic heterocycles. The molecule has 3 aromatic carbocycles. The molecule has 3 aliphatic rings. The zero-order chi connectivity index (χ0) is 19.2. The van der Waals surface area contributed by atoms with Crippen LogP contribution in [-0.4, -0.2) is 37.3 Å². The molecule has 6 atom stereocenters. The Balaban J connectivity index is 1.24. The quantitative estimate of drug-likeness (QED) is 0.675. The molecule has 3 heterocycles. The molecule has 5 nitrogen and oxygen atoms in total. The second-order valence-electron chi connectivity index (χ2n) is 7.78. The van der Waals surface area contributed by atoms with E-state index >= 15 is 0 Å². The molecule has 0 saturated carbocycles. The van der Waals surface area contributed by atoms with Gasteiger partial charge in [0, 0.05) is 5.56 Å². The number of fused-ring (bicyclic) bond motifs is 5. The van der Waals surface area contributed by atoms with Gasteiger partial charge in [0.1, 0.15) is 24.4 Å². The van der Waals surface area contributed by atoms with E-state index < -0.39 is 12.6 Å². The molecular formula is C24H22O5. The van der Waals surface area contributed by atoms with Crippen LogP contribution in [0.2, 0.25) is 0 Å². The fourth-order valence-corrected chi connectivity index (χ4v) is 4.43. The van der Waals surface area contributed by atoms with Crippen molar-refractivity contribution in [1.29, 1.82) is 0 Å². The first-order valence-corrected chi connectivity index (χ1v) is 10.1. The summed E-state index contributed by atoms with van der Waals surface area (Å²) in [6, 6.07) is 24.7. The van der Waals surface area contributed by atoms with Crippen LogP contribution >= 0.6 is 0 Å². The highest BCUT2D eigenvalue weighted by Gasteiger charge is 2.57. The van der Waals surface area contributed by atoms with Crippen molar-refractivity contribution in [2.45, 2.75) is 43.6 Å². The predicted octanol–water partition coefficient (Wildman–Crippen LogP) is 3.96. The fraction of sp³-hybridized carbons (Fsp3) is 0.333. The van der Waals surface area contributed by atoms with E-state index in [1.54, 1.807) is 0 Å². The van der Waals surface area contributed by atoms with Crippen LogP contribution in [0.3, 0.4) is 0 Å². The van der Waals surface area contributed by atoms with Crippen LogP contribution in [0.25, 0.3) is 10.8 Å². The van der Waals surface area contributed by atoms with Gasteiger partial charge in [-0.2, -0.15) is 0 Å². The lowest BCUT2D eigenvalue weighted by Gasteiger charge is -2.34. The van der Waals surface area contributed by atoms with Crippen molar-refractivity contribution in [3.05, 3.63) is 83.9 Å². The van der Waals surface area contributed by atoms with E-state index in [-0.39, 0.29) is 24.4 Å². The minimum absolute atomic E-state index is 0.118. The summed E-state index contributed by atoms with van der Waals surface area (Å²) in [6.07, 6.45) is -1.71. The molecule has 29 heavy (non-hydrogen) atoms. The highest BCUT2D eigenvalue weighted by Crippen LogP contribution is 2.43. The van der Waals surface area contributed by atoms with Gasteiger partial charge in [0.05, 0.1) is 13.2 Å². The number of hydrogen-bond donors (Lipinski definition) is 0. The molecule has 0 spiro atoms. The van der Waals surface area contributed by atoms with Crippen LogP contribution in [0, 0.1) is 0 Å². The average Bonchev–Trinajstić information content (AvgIpc) is 3.41. The van der Waals surface area contributed by atoms with E-state index in [0.717, 1.165) is 11.1 Å². The normalized spacial score (nSPS) is 33.1. The standard InChI is InChI=1S/C24H22O5/c1-2-6-15(7-3-1)13-25-22-21-20(19-14-26-24(22)27-19)28-23(29-21)18-11-10-16-8-4-5-9-17(16)12-18/h1-12,19-24H,13-14H2/t19-,20-,21+,22+,23-,24-/m1/s1. The molecule has 3 saturated heterocycles. The minimum atomic E-state index is -0.430. The molecule has 0 aliphatic carbocycles. The van der Waals surface area contributed by atoms with Crippen LogP contribution < -0.4 is 0 Å². The molecule has 0 N–H and O–H groups in total. The molecule has 0 radical (unpaired) electrons. The van der Waals surface area contributed by atoms with Crippen molar-refractivity contribution >= 4 is 10.8 Å². The Bertz CT molecular complexity index is 1010. The Labute approximate surface area is 169 Å². The Morgan fingerprint density at radius 3 is 2.48 bits per heavy atom. The van der Waals surface area contributed by atoms with Gasteiger partial charge in [-0.3, -0.25) is 0 Å². The Kier molecular flexibility index (Phi) is 4.36. The predicted molar refractivity (Wildman–Crippen MR) is 106 cm³/mol. The maximum absolute atomic E-state index is 6.37. The number of rotatable bonds is 4. The van der Waals surface area contributed by atoms with Crippen LogP contribution in [0.15, 0.2) is 72.8 Å². The average molecular weight is 390 g/mol. The maximum Gasteiger partial charge on any atom is 0.187 e. The summed E-state index contributed by atoms with van der Waals surface area (Å²) in [5.74, 6) is 0. The van der Waals surface area contributed by atoms with E-state index in [0.29, 0.717) is 13.2 Å². The lowest BCUT2D eigenvalue weighted by atomic mass is 10.0. The van der Waals surface area contributed by atoms with E-state index in [2.05, 4.69) is 30.3 Å². The van der Waals surface area contributed by atoms with Gasteiger partial charge in [-0.15, -0.1) is 0 Å². The molecule has 2 bridgehead atoms. The third-order valence-corrected chi connectivity index (χ3v) is 5.91. The molecule has 148 valence electrons. The van der Waals surface area contributed by atoms with Crippen molar-refractivity contribution in [3.63, 3.8) is 0 Å². The third-order valence-electron chi connectivity index (χ3n) is 5.91. The van der Waals surface area contributed by atoms with Gasteiger partial charge < -0.3 is 23.7 Å². The van der Waals surface area contributed by atoms with E-state index in [1.807, 2.05) is 42.5 Å². The maximum atomic E-state index is 6.37. The molecule has 0 aromatic heterocycles. The minimum Gasteiger partial charge on any atom is -0.365 e. The topological polar surface area (TPSA) is 46.2 Å². The summed E-state index contributed by atoms with van der Waals surface area (Å²) < 4.78 is 30.7. The Morgan fingerprint density at radius 2 is 1.59 bits per heavy atom. The molecule has 0 unspecified atom stereocenters. The van der Waals surface area contributed by atoms with E-state index in [1.165, 1.54) is 10.8 Å². The van der Waals surface area contributed by atoms with Gasteiger partial charge in [0.2, 0.25) is 0 Å². The van der Waals surface area contributed by atoms with Gasteiger partial charge in [0.15, 0.2) is 12.6 Å². The van der Waals surface area contributed by atoms with Gasteiger partial charge in [0.25, 0.3) is 0 Å². The highest BCUT2D eigenvalue weighted by atomic mass is 16.8. The Hall–Kier alpha value is -2.28. The lowest BCUT2D eigenvalue weighted by molar-refractivity contribution is -0.223. The SMILES string of the molecule is c1ccc(CO[C@@H]2[C@@H]3OC[C@@H](O3)[C@H]3O[C@@H](c4ccc5ccccc5c4)O[C@H]23)cc1. The summed E-state index contributed by atoms with van der Waals surface area (Å²) >= 11 is 0. The summed E-state index contributed by atoms with van der Waals surface area (Å²) in [5.41, 5.74) is 2.12. The van der Waals surface area contributed by atoms with Crippen molar-refractivity contribution in [3.8, 4) is 0 Å². The second kappa shape index (κ2) is 7.20. The molecule has 6 rings (SSSR count). The monoisotopic (exact) mass is 390 g/mol. The fourth-order valence-electron chi connectivity index (χ4n) is 4.43. The zero-order valence-corrected chi connectivity index (χ0v) is 15.8. The Morgan fingerprint density at radius 1 is 0.793 bits per heavy atom. The largest absolute Gasteiger partial charge is 0.365 e. The first-order chi connectivity index (χ1) is 14.3. The van der Waals surface area contributed by atoms with Gasteiger partial charge >= 0.3 is 0 Å². The molecule has 3 aromatic rings. The van der Waals surface area contributed by atoms with Gasteiger partial charge in [-0.25, -0.2) is 0 Å². The van der Waals surface area contributed by atoms with Crippen LogP contribution in [0.5, 0.6) is 0 Å². The van der Waals surface area contributed by atoms with E-state index in [4.69, 9.17) is 23.7 Å². The van der Waals surface area contributed by atoms with Crippen molar-refractivity contribution in [2.24, 2.45) is 0 Å². The molecule has 3 fully saturated rings. The third kappa shape index (κ3) is 3.16. The summed E-state index contributed by atoms with van der Waals surface area (Å²) in [7, 11) is 0. The van der Waals surface area contributed by atoms with Gasteiger partial charge in [-0.1, -0.05) is 66.7 Å². The highest BCUT2D eigenvalue weighted by molar-refractivity contribution is 5.83. The first kappa shape index (κ1) is 17.6. The number of hydrogen-bond acceptors (Lipinski definition) is 5. The van der Waals surface area contributed by atoms with Crippen molar-refractivity contribution < 1.29 is 23.7 Å². The number of ether oxygens (including phenoxy) is 5. The van der Waals surface area contributed by atoms with Crippen LogP contribution in [-0.2, 0) is 30.3 Å². The van der Waals surface area contributed by atoms with Gasteiger partial charge in [-0.05, 0) is 22.4 Å². The zero-order valence-electron chi connectivity index (χ0n) is 15.8. The van der Waals surface area contributed by atoms with Crippen molar-refractivity contribution in [2.75, 3.05) is 6.61 Å². The first-order valence-electron chi connectivity index (χ1n) is 10.1.